The summed E-state index contributed by atoms with van der Waals surface area (Å²) in [7, 11) is 1.66. The summed E-state index contributed by atoms with van der Waals surface area (Å²) in [5, 5.41) is 11.1. The zero-order valence-corrected chi connectivity index (χ0v) is 19.7. The van der Waals surface area contributed by atoms with Crippen molar-refractivity contribution in [2.24, 2.45) is 0 Å². The van der Waals surface area contributed by atoms with Gasteiger partial charge < -0.3 is 24.5 Å². The highest BCUT2D eigenvalue weighted by molar-refractivity contribution is 5.90. The summed E-state index contributed by atoms with van der Waals surface area (Å²) >= 11 is 0. The summed E-state index contributed by atoms with van der Waals surface area (Å²) in [6, 6.07) is 23.0. The molecule has 0 spiro atoms. The van der Waals surface area contributed by atoms with Crippen LogP contribution in [0.5, 0.6) is 11.5 Å². The molecule has 0 unspecified atom stereocenters. The first-order valence-electron chi connectivity index (χ1n) is 11.8. The quantitative estimate of drug-likeness (QED) is 0.388. The molecule has 1 aromatic heterocycles. The van der Waals surface area contributed by atoms with Crippen LogP contribution in [-0.2, 0) is 11.4 Å². The maximum absolute atomic E-state index is 12.5. The van der Waals surface area contributed by atoms with Crippen LogP contribution >= 0.6 is 0 Å². The molecule has 0 radical (unpaired) electrons. The van der Waals surface area contributed by atoms with Gasteiger partial charge in [-0.1, -0.05) is 36.4 Å². The van der Waals surface area contributed by atoms with Crippen molar-refractivity contribution in [2.45, 2.75) is 12.6 Å². The third-order valence-electron chi connectivity index (χ3n) is 6.56. The van der Waals surface area contributed by atoms with Crippen LogP contribution in [0.1, 0.15) is 17.2 Å². The molecular weight excluding hydrogens is 442 g/mol. The van der Waals surface area contributed by atoms with E-state index < -0.39 is 12.0 Å². The first-order chi connectivity index (χ1) is 17.1. The number of aliphatic carboxylic acids is 1. The number of anilines is 1. The van der Waals surface area contributed by atoms with E-state index >= 15 is 0 Å². The van der Waals surface area contributed by atoms with E-state index in [1.165, 1.54) is 0 Å². The molecule has 7 heteroatoms. The van der Waals surface area contributed by atoms with Gasteiger partial charge in [-0.25, -0.2) is 0 Å². The Morgan fingerprint density at radius 3 is 2.51 bits per heavy atom. The average Bonchev–Trinajstić information content (AvgIpc) is 3.31. The van der Waals surface area contributed by atoms with Crippen LogP contribution in [0, 0.1) is 0 Å². The number of hydrogen-bond donors (Lipinski definition) is 2. The predicted octanol–water partition coefficient (Wildman–Crippen LogP) is 4.70. The van der Waals surface area contributed by atoms with E-state index in [2.05, 4.69) is 16.0 Å². The average molecular weight is 472 g/mol. The maximum Gasteiger partial charge on any atom is 0.325 e. The van der Waals surface area contributed by atoms with Crippen LogP contribution < -0.4 is 14.4 Å². The van der Waals surface area contributed by atoms with E-state index in [1.54, 1.807) is 7.11 Å². The molecule has 0 bridgehead atoms. The van der Waals surface area contributed by atoms with Gasteiger partial charge in [0.1, 0.15) is 24.1 Å². The number of hydrogen-bond acceptors (Lipinski definition) is 5. The van der Waals surface area contributed by atoms with Crippen molar-refractivity contribution in [1.82, 2.24) is 9.88 Å². The number of fused-ring (bicyclic) bond motifs is 1. The molecule has 2 N–H and O–H groups in total. The molecular formula is C28H29N3O4. The highest BCUT2D eigenvalue weighted by atomic mass is 16.5. The predicted molar refractivity (Wildman–Crippen MR) is 136 cm³/mol. The van der Waals surface area contributed by atoms with Gasteiger partial charge in [-0.2, -0.15) is 0 Å². The Morgan fingerprint density at radius 2 is 1.77 bits per heavy atom. The molecule has 1 aliphatic heterocycles. The summed E-state index contributed by atoms with van der Waals surface area (Å²) in [6.07, 6.45) is 1.82. The Bertz CT molecular complexity index is 1300. The van der Waals surface area contributed by atoms with Gasteiger partial charge in [-0.3, -0.25) is 9.69 Å². The molecule has 0 saturated carbocycles. The number of nitrogens with zero attached hydrogens (tertiary/aromatic N) is 2. The molecule has 35 heavy (non-hydrogen) atoms. The van der Waals surface area contributed by atoms with Crippen LogP contribution in [0.4, 0.5) is 5.69 Å². The molecule has 180 valence electrons. The van der Waals surface area contributed by atoms with Crippen molar-refractivity contribution < 1.29 is 19.4 Å². The van der Waals surface area contributed by atoms with Crippen molar-refractivity contribution in [3.8, 4) is 11.5 Å². The lowest BCUT2D eigenvalue weighted by Gasteiger charge is -2.38. The number of aromatic nitrogens is 1. The highest BCUT2D eigenvalue weighted by Gasteiger charge is 2.32. The SMILES string of the molecule is COc1cccc(N2CCN([C@H](C(=O)O)c3c[nH]c4ccc(OCc5ccccc5)cc34)CC2)c1. The van der Waals surface area contributed by atoms with Crippen molar-refractivity contribution in [2.75, 3.05) is 38.2 Å². The highest BCUT2D eigenvalue weighted by Crippen LogP contribution is 2.33. The first-order valence-corrected chi connectivity index (χ1v) is 11.8. The lowest BCUT2D eigenvalue weighted by Crippen LogP contribution is -2.49. The molecule has 5 rings (SSSR count). The standard InChI is InChI=1S/C28H29N3O4/c1-34-22-9-5-8-21(16-22)30-12-14-31(15-13-30)27(28(32)33)25-18-29-26-11-10-23(17-24(25)26)35-19-20-6-3-2-4-7-20/h2-11,16-18,27,29H,12-15,19H2,1H3,(H,32,33)/t27-/m0/s1. The van der Waals surface area contributed by atoms with Gasteiger partial charge >= 0.3 is 5.97 Å². The van der Waals surface area contributed by atoms with Gasteiger partial charge in [0.25, 0.3) is 0 Å². The number of carboxylic acid groups (broad SMARTS) is 1. The molecule has 0 aliphatic carbocycles. The fourth-order valence-electron chi connectivity index (χ4n) is 4.71. The number of rotatable bonds is 8. The monoisotopic (exact) mass is 471 g/mol. The topological polar surface area (TPSA) is 78.0 Å². The lowest BCUT2D eigenvalue weighted by atomic mass is 10.0. The minimum Gasteiger partial charge on any atom is -0.497 e. The number of carbonyl (C=O) groups is 1. The Labute approximate surface area is 204 Å². The van der Waals surface area contributed by atoms with Gasteiger partial charge in [-0.05, 0) is 35.9 Å². The molecule has 4 aromatic rings. The fraction of sp³-hybridized carbons (Fsp3) is 0.250. The Morgan fingerprint density at radius 1 is 0.971 bits per heavy atom. The number of benzene rings is 3. The number of nitrogens with one attached hydrogen (secondary N) is 1. The van der Waals surface area contributed by atoms with Crippen LogP contribution in [0.3, 0.4) is 0 Å². The van der Waals surface area contributed by atoms with E-state index in [0.29, 0.717) is 25.4 Å². The van der Waals surface area contributed by atoms with E-state index in [9.17, 15) is 9.90 Å². The Balaban J connectivity index is 1.33. The summed E-state index contributed by atoms with van der Waals surface area (Å²) in [5.41, 5.74) is 3.82. The fourth-order valence-corrected chi connectivity index (χ4v) is 4.71. The summed E-state index contributed by atoms with van der Waals surface area (Å²) in [5.74, 6) is 0.683. The van der Waals surface area contributed by atoms with Crippen LogP contribution in [0.15, 0.2) is 79.0 Å². The van der Waals surface area contributed by atoms with Crippen molar-refractivity contribution in [3.63, 3.8) is 0 Å². The summed E-state index contributed by atoms with van der Waals surface area (Å²) in [4.78, 5) is 20.0. The van der Waals surface area contributed by atoms with Gasteiger partial charge in [0.2, 0.25) is 0 Å². The molecule has 1 fully saturated rings. The smallest absolute Gasteiger partial charge is 0.325 e. The number of methoxy groups -OCH3 is 1. The van der Waals surface area contributed by atoms with Gasteiger partial charge in [-0.15, -0.1) is 0 Å². The normalized spacial score (nSPS) is 15.2. The minimum atomic E-state index is -0.851. The largest absolute Gasteiger partial charge is 0.497 e. The van der Waals surface area contributed by atoms with E-state index in [-0.39, 0.29) is 0 Å². The van der Waals surface area contributed by atoms with Gasteiger partial charge in [0.05, 0.1) is 7.11 Å². The molecule has 2 heterocycles. The number of aromatic amines is 1. The van der Waals surface area contributed by atoms with E-state index in [4.69, 9.17) is 9.47 Å². The summed E-state index contributed by atoms with van der Waals surface area (Å²) in [6.45, 7) is 3.23. The molecule has 1 aliphatic rings. The molecule has 3 aromatic carbocycles. The van der Waals surface area contributed by atoms with Gasteiger partial charge in [0.15, 0.2) is 0 Å². The van der Waals surface area contributed by atoms with E-state index in [1.807, 2.05) is 77.8 Å². The van der Waals surface area contributed by atoms with Crippen molar-refractivity contribution >= 4 is 22.6 Å². The van der Waals surface area contributed by atoms with Crippen molar-refractivity contribution in [3.05, 3.63) is 90.1 Å². The van der Waals surface area contributed by atoms with Crippen LogP contribution in [-0.4, -0.2) is 54.2 Å². The summed E-state index contributed by atoms with van der Waals surface area (Å²) < 4.78 is 11.4. The molecule has 7 nitrogen and oxygen atoms in total. The van der Waals surface area contributed by atoms with E-state index in [0.717, 1.165) is 46.6 Å². The second kappa shape index (κ2) is 10.1. The van der Waals surface area contributed by atoms with Crippen molar-refractivity contribution in [1.29, 1.82) is 0 Å². The zero-order valence-electron chi connectivity index (χ0n) is 19.7. The van der Waals surface area contributed by atoms with Gasteiger partial charge in [0, 0.05) is 60.6 Å². The Kier molecular flexibility index (Phi) is 6.59. The molecule has 1 saturated heterocycles. The Hall–Kier alpha value is -3.97. The number of H-pyrrole nitrogens is 1. The third kappa shape index (κ3) is 4.95. The molecule has 1 atom stereocenters. The van der Waals surface area contributed by atoms with Crippen LogP contribution in [0.2, 0.25) is 0 Å². The molecule has 0 amide bonds. The second-order valence-corrected chi connectivity index (χ2v) is 8.69. The third-order valence-corrected chi connectivity index (χ3v) is 6.56. The number of piperazine rings is 1. The maximum atomic E-state index is 12.5. The van der Waals surface area contributed by atoms with Crippen LogP contribution in [0.25, 0.3) is 10.9 Å². The number of carboxylic acids is 1. The zero-order chi connectivity index (χ0) is 24.2. The minimum absolute atomic E-state index is 0.459. The first kappa shape index (κ1) is 22.8. The number of ether oxygens (including phenoxy) is 2. The second-order valence-electron chi connectivity index (χ2n) is 8.69. The lowest BCUT2D eigenvalue weighted by molar-refractivity contribution is -0.143.